The van der Waals surface area contributed by atoms with Crippen LogP contribution in [0.2, 0.25) is 0 Å². The van der Waals surface area contributed by atoms with Crippen molar-refractivity contribution in [2.75, 3.05) is 6.61 Å². The smallest absolute Gasteiger partial charge is 0.339 e. The maximum absolute atomic E-state index is 11.8. The molecule has 1 aliphatic rings. The lowest BCUT2D eigenvalue weighted by Crippen LogP contribution is -2.38. The number of ether oxygens (including phenoxy) is 1. The van der Waals surface area contributed by atoms with Crippen LogP contribution in [0.4, 0.5) is 0 Å². The van der Waals surface area contributed by atoms with Gasteiger partial charge in [-0.1, -0.05) is 19.3 Å². The van der Waals surface area contributed by atoms with Crippen molar-refractivity contribution in [1.82, 2.24) is 10.3 Å². The molecule has 0 aliphatic heterocycles. The highest BCUT2D eigenvalue weighted by atomic mass is 79.9. The van der Waals surface area contributed by atoms with E-state index in [1.54, 1.807) is 6.07 Å². The lowest BCUT2D eigenvalue weighted by molar-refractivity contribution is -0.125. The van der Waals surface area contributed by atoms with E-state index in [0.29, 0.717) is 10.0 Å². The Morgan fingerprint density at radius 3 is 2.80 bits per heavy atom. The van der Waals surface area contributed by atoms with Gasteiger partial charge in [0.2, 0.25) is 0 Å². The second-order valence-electron chi connectivity index (χ2n) is 4.83. The Morgan fingerprint density at radius 1 is 1.35 bits per heavy atom. The van der Waals surface area contributed by atoms with Crippen molar-refractivity contribution in [3.63, 3.8) is 0 Å². The summed E-state index contributed by atoms with van der Waals surface area (Å²) in [6.45, 7) is -0.246. The summed E-state index contributed by atoms with van der Waals surface area (Å²) in [6, 6.07) is 1.77. The molecule has 0 bridgehead atoms. The van der Waals surface area contributed by atoms with E-state index in [0.717, 1.165) is 25.7 Å². The highest BCUT2D eigenvalue weighted by Gasteiger charge is 2.17. The molecule has 0 aromatic carbocycles. The first-order chi connectivity index (χ1) is 9.66. The van der Waals surface area contributed by atoms with Crippen LogP contribution in [0.15, 0.2) is 22.9 Å². The van der Waals surface area contributed by atoms with E-state index in [9.17, 15) is 9.59 Å². The van der Waals surface area contributed by atoms with Gasteiger partial charge in [0.1, 0.15) is 0 Å². The van der Waals surface area contributed by atoms with Crippen LogP contribution in [-0.2, 0) is 9.53 Å². The van der Waals surface area contributed by atoms with Crippen molar-refractivity contribution < 1.29 is 14.3 Å². The Morgan fingerprint density at radius 2 is 2.10 bits per heavy atom. The molecule has 20 heavy (non-hydrogen) atoms. The minimum atomic E-state index is -0.530. The molecule has 1 amide bonds. The number of carbonyl (C=O) groups is 2. The highest BCUT2D eigenvalue weighted by Crippen LogP contribution is 2.17. The third-order valence-electron chi connectivity index (χ3n) is 3.30. The lowest BCUT2D eigenvalue weighted by atomic mass is 9.95. The number of amides is 1. The molecule has 0 atom stereocenters. The van der Waals surface area contributed by atoms with Gasteiger partial charge in [0.05, 0.1) is 10.0 Å². The van der Waals surface area contributed by atoms with Gasteiger partial charge in [0, 0.05) is 18.4 Å². The van der Waals surface area contributed by atoms with Crippen LogP contribution in [0.5, 0.6) is 0 Å². The Hall–Kier alpha value is -1.43. The summed E-state index contributed by atoms with van der Waals surface area (Å²) in [5, 5.41) is 2.90. The highest BCUT2D eigenvalue weighted by molar-refractivity contribution is 9.10. The molecule has 2 rings (SSSR count). The fourth-order valence-corrected chi connectivity index (χ4v) is 2.68. The van der Waals surface area contributed by atoms with E-state index < -0.39 is 5.97 Å². The molecular formula is C14H17BrN2O3. The summed E-state index contributed by atoms with van der Waals surface area (Å²) in [7, 11) is 0. The Kier molecular flexibility index (Phi) is 5.52. The largest absolute Gasteiger partial charge is 0.452 e. The van der Waals surface area contributed by atoms with E-state index in [1.165, 1.54) is 18.8 Å². The third-order valence-corrected chi connectivity index (χ3v) is 3.93. The zero-order valence-electron chi connectivity index (χ0n) is 11.1. The first-order valence-corrected chi connectivity index (χ1v) is 7.52. The number of nitrogens with zero attached hydrogens (tertiary/aromatic N) is 1. The van der Waals surface area contributed by atoms with Gasteiger partial charge in [-0.15, -0.1) is 0 Å². The maximum atomic E-state index is 11.8. The van der Waals surface area contributed by atoms with Crippen molar-refractivity contribution >= 4 is 27.8 Å². The molecule has 5 nitrogen and oxygen atoms in total. The van der Waals surface area contributed by atoms with E-state index in [4.69, 9.17) is 4.74 Å². The average molecular weight is 341 g/mol. The second-order valence-corrected chi connectivity index (χ2v) is 5.69. The number of pyridine rings is 1. The normalized spacial score (nSPS) is 15.7. The van der Waals surface area contributed by atoms with Crippen LogP contribution in [0.3, 0.4) is 0 Å². The van der Waals surface area contributed by atoms with E-state index in [2.05, 4.69) is 26.2 Å². The monoisotopic (exact) mass is 340 g/mol. The zero-order chi connectivity index (χ0) is 14.4. The molecule has 1 aromatic heterocycles. The molecule has 1 N–H and O–H groups in total. The molecule has 108 valence electrons. The number of halogens is 1. The third kappa shape index (κ3) is 4.30. The first-order valence-electron chi connectivity index (χ1n) is 6.73. The summed E-state index contributed by atoms with van der Waals surface area (Å²) >= 11 is 3.22. The SMILES string of the molecule is O=C(COC(=O)c1ccncc1Br)NC1CCCCC1. The number of carbonyl (C=O) groups excluding carboxylic acids is 2. The molecule has 0 saturated heterocycles. The quantitative estimate of drug-likeness (QED) is 0.855. The number of esters is 1. The van der Waals surface area contributed by atoms with E-state index in [1.807, 2.05) is 0 Å². The van der Waals surface area contributed by atoms with Gasteiger partial charge < -0.3 is 10.1 Å². The molecule has 0 unspecified atom stereocenters. The van der Waals surface area contributed by atoms with Gasteiger partial charge in [0.15, 0.2) is 6.61 Å². The minimum absolute atomic E-state index is 0.225. The van der Waals surface area contributed by atoms with Gasteiger partial charge in [-0.25, -0.2) is 4.79 Å². The number of aromatic nitrogens is 1. The zero-order valence-corrected chi connectivity index (χ0v) is 12.7. The predicted octanol–water partition coefficient (Wildman–Crippen LogP) is 2.45. The molecule has 0 spiro atoms. The van der Waals surface area contributed by atoms with Crippen LogP contribution in [0.1, 0.15) is 42.5 Å². The van der Waals surface area contributed by atoms with Crippen molar-refractivity contribution in [2.24, 2.45) is 0 Å². The van der Waals surface area contributed by atoms with Crippen LogP contribution < -0.4 is 5.32 Å². The fraction of sp³-hybridized carbons (Fsp3) is 0.500. The minimum Gasteiger partial charge on any atom is -0.452 e. The second kappa shape index (κ2) is 7.38. The van der Waals surface area contributed by atoms with Gasteiger partial charge in [-0.05, 0) is 34.8 Å². The van der Waals surface area contributed by atoms with Crippen LogP contribution >= 0.6 is 15.9 Å². The molecule has 0 radical (unpaired) electrons. The van der Waals surface area contributed by atoms with Crippen molar-refractivity contribution in [1.29, 1.82) is 0 Å². The van der Waals surface area contributed by atoms with Gasteiger partial charge in [0.25, 0.3) is 5.91 Å². The molecule has 1 aliphatic carbocycles. The number of hydrogen-bond acceptors (Lipinski definition) is 4. The van der Waals surface area contributed by atoms with Crippen LogP contribution in [0, 0.1) is 0 Å². The number of hydrogen-bond donors (Lipinski definition) is 1. The van der Waals surface area contributed by atoms with Gasteiger partial charge in [-0.2, -0.15) is 0 Å². The molecule has 1 heterocycles. The summed E-state index contributed by atoms with van der Waals surface area (Å²) in [4.78, 5) is 27.4. The Bertz CT molecular complexity index is 487. The summed E-state index contributed by atoms with van der Waals surface area (Å²) in [5.74, 6) is -0.770. The molecule has 6 heteroatoms. The standard InChI is InChI=1S/C14H17BrN2O3/c15-12-8-16-7-6-11(12)14(19)20-9-13(18)17-10-4-2-1-3-5-10/h6-8,10H,1-5,9H2,(H,17,18). The predicted molar refractivity (Wildman–Crippen MR) is 77.2 cm³/mol. The Balaban J connectivity index is 1.78. The van der Waals surface area contributed by atoms with Crippen molar-refractivity contribution in [2.45, 2.75) is 38.1 Å². The Labute approximate surface area is 126 Å². The van der Waals surface area contributed by atoms with Gasteiger partial charge >= 0.3 is 5.97 Å². The van der Waals surface area contributed by atoms with E-state index >= 15 is 0 Å². The summed E-state index contributed by atoms with van der Waals surface area (Å²) in [6.07, 6.45) is 8.56. The maximum Gasteiger partial charge on any atom is 0.339 e. The van der Waals surface area contributed by atoms with Crippen LogP contribution in [0.25, 0.3) is 0 Å². The van der Waals surface area contributed by atoms with Crippen molar-refractivity contribution in [3.05, 3.63) is 28.5 Å². The average Bonchev–Trinajstić information content (AvgIpc) is 2.46. The summed E-state index contributed by atoms with van der Waals surface area (Å²) in [5.41, 5.74) is 0.366. The molecule has 1 fully saturated rings. The molecule has 1 aromatic rings. The van der Waals surface area contributed by atoms with Gasteiger partial charge in [-0.3, -0.25) is 9.78 Å². The fourth-order valence-electron chi connectivity index (χ4n) is 2.27. The molecular weight excluding hydrogens is 324 g/mol. The van der Waals surface area contributed by atoms with Crippen molar-refractivity contribution in [3.8, 4) is 0 Å². The topological polar surface area (TPSA) is 68.3 Å². The summed E-state index contributed by atoms with van der Waals surface area (Å²) < 4.78 is 5.56. The van der Waals surface area contributed by atoms with Crippen LogP contribution in [-0.4, -0.2) is 29.5 Å². The number of nitrogens with one attached hydrogen (secondary N) is 1. The molecule has 1 saturated carbocycles. The lowest BCUT2D eigenvalue weighted by Gasteiger charge is -2.22. The number of rotatable bonds is 4. The first kappa shape index (κ1) is 15.0. The van der Waals surface area contributed by atoms with E-state index in [-0.39, 0.29) is 18.6 Å².